The maximum Gasteiger partial charge on any atom is 0.407 e. The summed E-state index contributed by atoms with van der Waals surface area (Å²) in [4.78, 5) is 68.4. The van der Waals surface area contributed by atoms with Crippen molar-refractivity contribution in [3.8, 4) is 33.6 Å². The highest BCUT2D eigenvalue weighted by Gasteiger charge is 2.42. The summed E-state index contributed by atoms with van der Waals surface area (Å²) in [6.45, 7) is 4.73. The Morgan fingerprint density at radius 3 is 1.30 bits per heavy atom. The molecule has 4 amide bonds. The van der Waals surface area contributed by atoms with Gasteiger partial charge in [0.1, 0.15) is 35.8 Å². The minimum absolute atomic E-state index is 0.263. The number of hydrazine groups is 2. The summed E-state index contributed by atoms with van der Waals surface area (Å²) in [6, 6.07) is 13.1. The van der Waals surface area contributed by atoms with E-state index in [9.17, 15) is 29.4 Å². The fourth-order valence-electron chi connectivity index (χ4n) is 7.60. The molecule has 56 heavy (non-hydrogen) atoms. The molecule has 2 fully saturated rings. The first-order valence-corrected chi connectivity index (χ1v) is 19.1. The van der Waals surface area contributed by atoms with E-state index in [2.05, 4.69) is 19.9 Å². The van der Waals surface area contributed by atoms with Gasteiger partial charge in [-0.1, -0.05) is 85.6 Å². The number of halogens is 2. The minimum atomic E-state index is -1.17. The molecule has 0 bridgehead atoms. The Hall–Kier alpha value is -5.16. The van der Waals surface area contributed by atoms with Gasteiger partial charge in [0, 0.05) is 52.4 Å². The fraction of sp³-hybridized carbons (Fsp3) is 0.421. The highest BCUT2D eigenvalue weighted by molar-refractivity contribution is 6.32. The van der Waals surface area contributed by atoms with E-state index in [0.717, 1.165) is 32.1 Å². The Labute approximate surface area is 334 Å². The van der Waals surface area contributed by atoms with Gasteiger partial charge in [0.2, 0.25) is 0 Å². The zero-order valence-electron chi connectivity index (χ0n) is 32.0. The smallest absolute Gasteiger partial charge is 0.407 e. The second kappa shape index (κ2) is 16.5. The molecule has 2 saturated heterocycles. The molecule has 4 atom stereocenters. The van der Waals surface area contributed by atoms with E-state index in [1.54, 1.807) is 48.0 Å². The molecule has 2 aliphatic rings. The number of nitrogens with one attached hydrogen (secondary N) is 2. The van der Waals surface area contributed by atoms with Crippen molar-refractivity contribution < 1.29 is 29.4 Å². The van der Waals surface area contributed by atoms with E-state index in [0.29, 0.717) is 61.8 Å². The Morgan fingerprint density at radius 1 is 0.679 bits per heavy atom. The molecular weight excluding hydrogens is 763 g/mol. The van der Waals surface area contributed by atoms with Crippen LogP contribution in [-0.2, 0) is 9.59 Å². The second-order valence-electron chi connectivity index (χ2n) is 14.1. The number of likely N-dealkylation sites (N-methyl/N-ethyl adjacent to an activating group) is 2. The van der Waals surface area contributed by atoms with Crippen LogP contribution in [0.4, 0.5) is 9.59 Å². The number of H-pyrrole nitrogens is 2. The number of hydrogen-bond donors (Lipinski definition) is 4. The summed E-state index contributed by atoms with van der Waals surface area (Å²) >= 11 is 13.3. The molecule has 2 aliphatic heterocycles. The maximum atomic E-state index is 13.6. The number of aromatic amines is 2. The van der Waals surface area contributed by atoms with Crippen LogP contribution in [0, 0.1) is 0 Å². The second-order valence-corrected chi connectivity index (χ2v) is 14.8. The van der Waals surface area contributed by atoms with Crippen molar-refractivity contribution >= 4 is 47.2 Å². The van der Waals surface area contributed by atoms with Crippen LogP contribution in [0.2, 0.25) is 10.3 Å². The molecule has 18 heteroatoms. The minimum Gasteiger partial charge on any atom is -0.465 e. The molecule has 16 nitrogen and oxygen atoms in total. The Bertz CT molecular complexity index is 1940. The van der Waals surface area contributed by atoms with Gasteiger partial charge in [-0.05, 0) is 36.8 Å². The van der Waals surface area contributed by atoms with Crippen molar-refractivity contribution in [2.24, 2.45) is 0 Å². The summed E-state index contributed by atoms with van der Waals surface area (Å²) in [5.74, 6) is 0.391. The highest BCUT2D eigenvalue weighted by Crippen LogP contribution is 2.38. The van der Waals surface area contributed by atoms with Gasteiger partial charge in [0.05, 0.1) is 11.4 Å². The van der Waals surface area contributed by atoms with Crippen molar-refractivity contribution in [3.63, 3.8) is 0 Å². The molecule has 298 valence electrons. The predicted molar refractivity (Wildman–Crippen MR) is 210 cm³/mol. The summed E-state index contributed by atoms with van der Waals surface area (Å²) < 4.78 is 0. The van der Waals surface area contributed by atoms with Crippen LogP contribution in [-0.4, -0.2) is 137 Å². The largest absolute Gasteiger partial charge is 0.465 e. The van der Waals surface area contributed by atoms with Crippen molar-refractivity contribution in [3.05, 3.63) is 70.5 Å². The number of benzene rings is 2. The highest BCUT2D eigenvalue weighted by atomic mass is 35.5. The predicted octanol–water partition coefficient (Wildman–Crippen LogP) is 6.46. The number of imidazole rings is 2. The molecule has 4 aromatic rings. The lowest BCUT2D eigenvalue weighted by molar-refractivity contribution is -0.151. The van der Waals surface area contributed by atoms with Gasteiger partial charge >= 0.3 is 12.2 Å². The SMILES string of the molecule is CC[C@@H](C(=O)N1[C@H](c2nc(Cl)c(-c3ccc(-c4ccc(-c5[nH]c([C@@H]6CCN(C)N6C(=O)[C@H](CC)N(C)C(=O)O)nc5Cl)cc4)cc3)[nH]2)CCN1C)N(C)C(=O)O. The number of carboxylic acid groups (broad SMARTS) is 2. The van der Waals surface area contributed by atoms with Crippen molar-refractivity contribution in [1.82, 2.24) is 49.8 Å². The number of carbonyl (C=O) groups excluding carboxylic acids is 2. The first-order valence-electron chi connectivity index (χ1n) is 18.4. The number of hydrogen-bond acceptors (Lipinski definition) is 8. The summed E-state index contributed by atoms with van der Waals surface area (Å²) in [5, 5.41) is 26.3. The van der Waals surface area contributed by atoms with Crippen LogP contribution < -0.4 is 0 Å². The normalized spacial score (nSPS) is 18.6. The Balaban J connectivity index is 1.17. The third-order valence-corrected chi connectivity index (χ3v) is 11.3. The zero-order valence-corrected chi connectivity index (χ0v) is 33.5. The van der Waals surface area contributed by atoms with E-state index in [-0.39, 0.29) is 22.1 Å². The van der Waals surface area contributed by atoms with Gasteiger partial charge in [-0.25, -0.2) is 29.6 Å². The number of carbonyl (C=O) groups is 4. The van der Waals surface area contributed by atoms with E-state index in [4.69, 9.17) is 23.2 Å². The lowest BCUT2D eigenvalue weighted by Gasteiger charge is -2.34. The van der Waals surface area contributed by atoms with Crippen molar-refractivity contribution in [1.29, 1.82) is 0 Å². The van der Waals surface area contributed by atoms with Gasteiger partial charge in [0.25, 0.3) is 11.8 Å². The van der Waals surface area contributed by atoms with Crippen LogP contribution in [0.5, 0.6) is 0 Å². The molecule has 0 radical (unpaired) electrons. The molecule has 4 N–H and O–H groups in total. The quantitative estimate of drug-likeness (QED) is 0.131. The van der Waals surface area contributed by atoms with Gasteiger partial charge in [0.15, 0.2) is 10.3 Å². The third-order valence-electron chi connectivity index (χ3n) is 10.8. The lowest BCUT2D eigenvalue weighted by Crippen LogP contribution is -2.52. The summed E-state index contributed by atoms with van der Waals surface area (Å²) in [6.07, 6.45) is -0.497. The molecule has 0 aliphatic carbocycles. The molecule has 2 aromatic heterocycles. The van der Waals surface area contributed by atoms with Crippen LogP contribution in [0.3, 0.4) is 0 Å². The lowest BCUT2D eigenvalue weighted by atomic mass is 10.0. The molecule has 0 unspecified atom stereocenters. The molecule has 2 aromatic carbocycles. The number of rotatable bonds is 11. The Morgan fingerprint density at radius 2 is 1.00 bits per heavy atom. The van der Waals surface area contributed by atoms with E-state index < -0.39 is 36.4 Å². The molecule has 4 heterocycles. The van der Waals surface area contributed by atoms with Gasteiger partial charge in [-0.3, -0.25) is 29.4 Å². The monoisotopic (exact) mass is 808 g/mol. The van der Waals surface area contributed by atoms with Crippen molar-refractivity contribution in [2.75, 3.05) is 41.3 Å². The summed E-state index contributed by atoms with van der Waals surface area (Å²) in [7, 11) is 6.39. The number of nitrogens with zero attached hydrogens (tertiary/aromatic N) is 8. The van der Waals surface area contributed by atoms with Crippen LogP contribution in [0.15, 0.2) is 48.5 Å². The van der Waals surface area contributed by atoms with Gasteiger partial charge in [-0.15, -0.1) is 0 Å². The zero-order chi connectivity index (χ0) is 40.6. The van der Waals surface area contributed by atoms with Crippen LogP contribution in [0.1, 0.15) is 63.3 Å². The Kier molecular flexibility index (Phi) is 11.9. The van der Waals surface area contributed by atoms with Gasteiger partial charge in [-0.2, -0.15) is 0 Å². The molecular formula is C38H46Cl2N10O6. The summed E-state index contributed by atoms with van der Waals surface area (Å²) in [5.41, 5.74) is 4.73. The number of amides is 4. The van der Waals surface area contributed by atoms with Crippen LogP contribution >= 0.6 is 23.2 Å². The fourth-order valence-corrected chi connectivity index (χ4v) is 8.09. The molecule has 0 saturated carbocycles. The van der Waals surface area contributed by atoms with E-state index in [1.807, 2.05) is 48.5 Å². The number of aromatic nitrogens is 4. The van der Waals surface area contributed by atoms with Gasteiger partial charge < -0.3 is 20.2 Å². The van der Waals surface area contributed by atoms with Crippen LogP contribution in [0.25, 0.3) is 33.6 Å². The average molecular weight is 810 g/mol. The van der Waals surface area contributed by atoms with Crippen molar-refractivity contribution in [2.45, 2.75) is 63.7 Å². The topological polar surface area (TPSA) is 186 Å². The van der Waals surface area contributed by atoms with E-state index >= 15 is 0 Å². The third kappa shape index (κ3) is 7.65. The first-order chi connectivity index (χ1) is 26.7. The average Bonchev–Trinajstić information content (AvgIpc) is 3.96. The first kappa shape index (κ1) is 40.5. The molecule has 6 rings (SSSR count). The maximum absolute atomic E-state index is 13.6. The standard InChI is InChI=1S/C38H46Cl2N10O6/c1-7-25(47(5)37(53)54)35(51)49-27(17-19-45(49)3)33-41-29(31(39)43-33)23-13-9-21(10-14-23)22-11-15-24(16-12-22)30-32(40)44-34(42-30)28-18-20-46(4)50(28)36(52)26(8-2)48(6)38(55)56/h9-16,25-28H,7-8,17-20H2,1-6H3,(H,41,43)(H,42,44)(H,53,54)(H,55,56)/t25-,26-,27-,28-/m0/s1. The van der Waals surface area contributed by atoms with E-state index in [1.165, 1.54) is 14.1 Å². The molecule has 0 spiro atoms.